The third-order valence-corrected chi connectivity index (χ3v) is 5.96. The average molecular weight is 369 g/mol. The highest BCUT2D eigenvalue weighted by atomic mass is 16.4. The van der Waals surface area contributed by atoms with Gasteiger partial charge in [-0.1, -0.05) is 0 Å². The van der Waals surface area contributed by atoms with Gasteiger partial charge in [-0.2, -0.15) is 10.1 Å². The van der Waals surface area contributed by atoms with Crippen LogP contribution in [0.1, 0.15) is 37.3 Å². The minimum atomic E-state index is -0.811. The smallest absolute Gasteiger partial charge is 0.407 e. The van der Waals surface area contributed by atoms with Crippen molar-refractivity contribution in [3.63, 3.8) is 0 Å². The van der Waals surface area contributed by atoms with E-state index < -0.39 is 6.09 Å². The molecule has 2 aliphatic heterocycles. The van der Waals surface area contributed by atoms with Crippen molar-refractivity contribution in [3.05, 3.63) is 24.0 Å². The minimum Gasteiger partial charge on any atom is -0.465 e. The molecule has 4 aliphatic rings. The second kappa shape index (κ2) is 5.83. The number of rotatable bonds is 6. The first-order valence-corrected chi connectivity index (χ1v) is 9.37. The molecule has 4 fully saturated rings. The Balaban J connectivity index is 1.25. The number of carbonyl (C=O) groups is 1. The Bertz CT molecular complexity index is 872. The van der Waals surface area contributed by atoms with Crippen LogP contribution in [0.2, 0.25) is 0 Å². The predicted molar refractivity (Wildman–Crippen MR) is 99.3 cm³/mol. The van der Waals surface area contributed by atoms with Crippen LogP contribution >= 0.6 is 0 Å². The van der Waals surface area contributed by atoms with Crippen molar-refractivity contribution < 1.29 is 9.90 Å². The van der Waals surface area contributed by atoms with Gasteiger partial charge in [-0.15, -0.1) is 0 Å². The highest BCUT2D eigenvalue weighted by Crippen LogP contribution is 2.52. The highest BCUT2D eigenvalue weighted by Gasteiger charge is 2.57. The van der Waals surface area contributed by atoms with E-state index in [4.69, 9.17) is 0 Å². The molecule has 2 bridgehead atoms. The normalized spacial score (nSPS) is 26.0. The van der Waals surface area contributed by atoms with Crippen molar-refractivity contribution in [2.75, 3.05) is 30.4 Å². The van der Waals surface area contributed by atoms with Crippen molar-refractivity contribution in [1.29, 1.82) is 0 Å². The number of hydrogen-bond acceptors (Lipinski definition) is 6. The summed E-state index contributed by atoms with van der Waals surface area (Å²) in [5.41, 5.74) is 1.21. The maximum Gasteiger partial charge on any atom is 0.407 e. The monoisotopic (exact) mass is 369 g/mol. The van der Waals surface area contributed by atoms with Crippen molar-refractivity contribution in [3.8, 4) is 0 Å². The van der Waals surface area contributed by atoms with E-state index in [-0.39, 0.29) is 11.5 Å². The van der Waals surface area contributed by atoms with Crippen LogP contribution in [0, 0.1) is 5.41 Å². The Labute approximate surface area is 156 Å². The third-order valence-electron chi connectivity index (χ3n) is 5.96. The molecule has 27 heavy (non-hydrogen) atoms. The summed E-state index contributed by atoms with van der Waals surface area (Å²) in [6.45, 7) is 1.36. The van der Waals surface area contributed by atoms with Crippen molar-refractivity contribution in [2.45, 2.75) is 37.6 Å². The van der Waals surface area contributed by atoms with Crippen molar-refractivity contribution >= 4 is 23.7 Å². The molecule has 2 aliphatic carbocycles. The second-order valence-corrected chi connectivity index (χ2v) is 8.18. The first-order valence-electron chi connectivity index (χ1n) is 9.37. The molecule has 142 valence electrons. The van der Waals surface area contributed by atoms with Gasteiger partial charge in [-0.3, -0.25) is 5.10 Å². The Morgan fingerprint density at radius 1 is 1.44 bits per heavy atom. The number of carboxylic acid groups (broad SMARTS) is 1. The molecule has 4 heterocycles. The van der Waals surface area contributed by atoms with E-state index in [1.807, 2.05) is 24.1 Å². The third kappa shape index (κ3) is 2.96. The van der Waals surface area contributed by atoms with Crippen LogP contribution in [0.15, 0.2) is 18.3 Å². The van der Waals surface area contributed by atoms with Gasteiger partial charge in [0.2, 0.25) is 5.95 Å². The number of amides is 1. The molecule has 3 N–H and O–H groups in total. The Kier molecular flexibility index (Phi) is 3.53. The minimum absolute atomic E-state index is 0.0337. The molecule has 0 radical (unpaired) electrons. The number of hydrogen-bond donors (Lipinski definition) is 3. The summed E-state index contributed by atoms with van der Waals surface area (Å²) in [6, 6.07) is 4.04. The zero-order valence-electron chi connectivity index (χ0n) is 15.2. The van der Waals surface area contributed by atoms with Crippen LogP contribution in [0.25, 0.3) is 0 Å². The highest BCUT2D eigenvalue weighted by molar-refractivity contribution is 5.67. The molecule has 9 heteroatoms. The summed E-state index contributed by atoms with van der Waals surface area (Å²) in [5, 5.41) is 19.9. The van der Waals surface area contributed by atoms with E-state index in [1.165, 1.54) is 18.5 Å². The lowest BCUT2D eigenvalue weighted by molar-refractivity contribution is 0.138. The number of aromatic amines is 1. The molecule has 2 saturated heterocycles. The molecule has 9 nitrogen and oxygen atoms in total. The average Bonchev–Trinajstić information content (AvgIpc) is 3.09. The summed E-state index contributed by atoms with van der Waals surface area (Å²) in [7, 11) is 1.96. The zero-order chi connectivity index (χ0) is 18.6. The van der Waals surface area contributed by atoms with Gasteiger partial charge < -0.3 is 20.2 Å². The number of fused-ring (bicyclic) bond motifs is 1. The SMILES string of the molecule is CN(CC12CC(C1)N(C(=O)O)C2)c1nccc(Nc2cc(C3CC3)[nH]n2)n1. The number of nitrogens with one attached hydrogen (secondary N) is 2. The lowest BCUT2D eigenvalue weighted by Gasteiger charge is -2.39. The molecule has 2 aromatic rings. The number of nitrogens with zero attached hydrogens (tertiary/aromatic N) is 5. The summed E-state index contributed by atoms with van der Waals surface area (Å²) in [4.78, 5) is 23.9. The zero-order valence-corrected chi connectivity index (χ0v) is 15.2. The van der Waals surface area contributed by atoms with Gasteiger partial charge in [-0.05, 0) is 31.7 Å². The first kappa shape index (κ1) is 16.3. The van der Waals surface area contributed by atoms with Gasteiger partial charge in [0, 0.05) is 55.5 Å². The fraction of sp³-hybridized carbons (Fsp3) is 0.556. The number of aromatic nitrogens is 4. The fourth-order valence-corrected chi connectivity index (χ4v) is 4.49. The van der Waals surface area contributed by atoms with Gasteiger partial charge in [-0.25, -0.2) is 9.78 Å². The van der Waals surface area contributed by atoms with E-state index in [2.05, 4.69) is 25.5 Å². The Morgan fingerprint density at radius 2 is 2.26 bits per heavy atom. The van der Waals surface area contributed by atoms with E-state index in [0.717, 1.165) is 25.2 Å². The first-order chi connectivity index (χ1) is 13.0. The summed E-state index contributed by atoms with van der Waals surface area (Å²) in [6.07, 6.45) is 5.24. The molecule has 6 rings (SSSR count). The van der Waals surface area contributed by atoms with E-state index in [0.29, 0.717) is 24.2 Å². The van der Waals surface area contributed by atoms with Gasteiger partial charge >= 0.3 is 6.09 Å². The molecule has 0 unspecified atom stereocenters. The van der Waals surface area contributed by atoms with Crippen molar-refractivity contribution in [2.24, 2.45) is 5.41 Å². The van der Waals surface area contributed by atoms with Gasteiger partial charge in [0.05, 0.1) is 0 Å². The molecular weight excluding hydrogens is 346 g/mol. The molecule has 0 atom stereocenters. The largest absolute Gasteiger partial charge is 0.465 e. The number of H-pyrrole nitrogens is 1. The van der Waals surface area contributed by atoms with Crippen LogP contribution in [-0.4, -0.2) is 62.4 Å². The van der Waals surface area contributed by atoms with Crippen LogP contribution in [0.4, 0.5) is 22.4 Å². The van der Waals surface area contributed by atoms with Crippen molar-refractivity contribution in [1.82, 2.24) is 25.1 Å². The van der Waals surface area contributed by atoms with E-state index in [1.54, 1.807) is 11.1 Å². The molecule has 2 aromatic heterocycles. The van der Waals surface area contributed by atoms with Crippen LogP contribution in [-0.2, 0) is 0 Å². The summed E-state index contributed by atoms with van der Waals surface area (Å²) in [5.74, 6) is 2.72. The topological polar surface area (TPSA) is 110 Å². The fourth-order valence-electron chi connectivity index (χ4n) is 4.49. The predicted octanol–water partition coefficient (Wildman–Crippen LogP) is 2.40. The quantitative estimate of drug-likeness (QED) is 0.717. The molecular formula is C18H23N7O2. The van der Waals surface area contributed by atoms with E-state index >= 15 is 0 Å². The molecule has 1 amide bonds. The van der Waals surface area contributed by atoms with Gasteiger partial charge in [0.15, 0.2) is 5.82 Å². The standard InChI is InChI=1S/C18H23N7O2/c1-24(9-18-7-12(8-18)25(10-18)17(26)27)16-19-5-4-14(21-16)20-15-6-13(22-23-15)11-2-3-11/h4-6,11-12H,2-3,7-10H2,1H3,(H,26,27)(H2,19,20,21,22,23). The van der Waals surface area contributed by atoms with Gasteiger partial charge in [0.25, 0.3) is 0 Å². The molecule has 2 saturated carbocycles. The van der Waals surface area contributed by atoms with Crippen LogP contribution in [0.5, 0.6) is 0 Å². The summed E-state index contributed by atoms with van der Waals surface area (Å²) < 4.78 is 0. The number of anilines is 3. The lowest BCUT2D eigenvalue weighted by atomic mass is 9.70. The Morgan fingerprint density at radius 3 is 2.96 bits per heavy atom. The van der Waals surface area contributed by atoms with Crippen LogP contribution in [0.3, 0.4) is 0 Å². The van der Waals surface area contributed by atoms with Gasteiger partial charge in [0.1, 0.15) is 5.82 Å². The van der Waals surface area contributed by atoms with E-state index in [9.17, 15) is 9.90 Å². The summed E-state index contributed by atoms with van der Waals surface area (Å²) >= 11 is 0. The van der Waals surface area contributed by atoms with Crippen LogP contribution < -0.4 is 10.2 Å². The lowest BCUT2D eigenvalue weighted by Crippen LogP contribution is -2.43. The second-order valence-electron chi connectivity index (χ2n) is 8.18. The molecule has 0 aromatic carbocycles. The molecule has 0 spiro atoms. The Hall–Kier alpha value is -2.84. The maximum atomic E-state index is 11.3. The maximum absolute atomic E-state index is 11.3.